The summed E-state index contributed by atoms with van der Waals surface area (Å²) in [6, 6.07) is 46.7. The van der Waals surface area contributed by atoms with Crippen LogP contribution in [0.2, 0.25) is 0 Å². The van der Waals surface area contributed by atoms with E-state index < -0.39 is 0 Å². The van der Waals surface area contributed by atoms with Crippen molar-refractivity contribution in [3.63, 3.8) is 0 Å². The molecule has 1 unspecified atom stereocenters. The minimum atomic E-state index is -0.372. The highest BCUT2D eigenvalue weighted by Crippen LogP contribution is 2.37. The van der Waals surface area contributed by atoms with Crippen LogP contribution >= 0.6 is 0 Å². The van der Waals surface area contributed by atoms with Gasteiger partial charge in [0, 0.05) is 16.5 Å². The first-order valence-electron chi connectivity index (χ1n) is 15.8. The number of furan rings is 1. The van der Waals surface area contributed by atoms with Crippen molar-refractivity contribution in [3.05, 3.63) is 156 Å². The molecule has 224 valence electrons. The topological polar surface area (TPSA) is 75.9 Å². The van der Waals surface area contributed by atoms with E-state index in [1.165, 1.54) is 37.7 Å². The number of nitrogen functional groups attached to an aromatic ring is 1. The fourth-order valence-electron chi connectivity index (χ4n) is 6.96. The largest absolute Gasteiger partial charge is 0.440 e. The Morgan fingerprint density at radius 3 is 2.15 bits per heavy atom. The van der Waals surface area contributed by atoms with Crippen molar-refractivity contribution >= 4 is 77.2 Å². The highest BCUT2D eigenvalue weighted by Gasteiger charge is 2.26. The van der Waals surface area contributed by atoms with E-state index in [0.29, 0.717) is 17.6 Å². The molecule has 47 heavy (non-hydrogen) atoms. The summed E-state index contributed by atoms with van der Waals surface area (Å²) in [6.07, 6.45) is 1.67. The lowest BCUT2D eigenvalue weighted by Gasteiger charge is -2.25. The molecule has 5 nitrogen and oxygen atoms in total. The zero-order valence-corrected chi connectivity index (χ0v) is 25.7. The SMILES string of the molecule is C/C=C(/C1=NC(c2ccc3ccc4c5ccccc5ccc4c3c2)=NC(c2ccc3ccccc3c2)N1)c1c(N)oc2ccccc12. The monoisotopic (exact) mass is 606 g/mol. The van der Waals surface area contributed by atoms with Crippen LogP contribution in [0, 0.1) is 0 Å². The molecule has 7 aromatic carbocycles. The van der Waals surface area contributed by atoms with Gasteiger partial charge in [-0.3, -0.25) is 0 Å². The number of hydrogen-bond acceptors (Lipinski definition) is 5. The molecule has 8 aromatic rings. The van der Waals surface area contributed by atoms with Crippen LogP contribution in [-0.2, 0) is 0 Å². The van der Waals surface area contributed by atoms with Crippen LogP contribution in [0.4, 0.5) is 5.88 Å². The van der Waals surface area contributed by atoms with Crippen LogP contribution in [0.1, 0.15) is 29.8 Å². The molecule has 0 spiro atoms. The Bertz CT molecular complexity index is 2640. The van der Waals surface area contributed by atoms with Crippen LogP contribution in [0.25, 0.3) is 59.6 Å². The van der Waals surface area contributed by atoms with Gasteiger partial charge in [-0.25, -0.2) is 9.98 Å². The summed E-state index contributed by atoms with van der Waals surface area (Å²) in [5, 5.41) is 14.2. The molecule has 9 rings (SSSR count). The van der Waals surface area contributed by atoms with Crippen LogP contribution < -0.4 is 11.1 Å². The van der Waals surface area contributed by atoms with Crippen molar-refractivity contribution in [1.29, 1.82) is 0 Å². The predicted octanol–water partition coefficient (Wildman–Crippen LogP) is 10.2. The van der Waals surface area contributed by atoms with E-state index >= 15 is 0 Å². The minimum absolute atomic E-state index is 0.361. The quantitative estimate of drug-likeness (QED) is 0.196. The molecular formula is C42H30N4O. The number of nitrogens with one attached hydrogen (secondary N) is 1. The van der Waals surface area contributed by atoms with Crippen LogP contribution in [0.15, 0.2) is 154 Å². The Labute approximate surface area is 271 Å². The Balaban J connectivity index is 1.24. The number of allylic oxidation sites excluding steroid dienone is 1. The third-order valence-corrected chi connectivity index (χ3v) is 9.27. The number of nitrogens with zero attached hydrogens (tertiary/aromatic N) is 2. The van der Waals surface area contributed by atoms with Gasteiger partial charge >= 0.3 is 0 Å². The smallest absolute Gasteiger partial charge is 0.199 e. The molecule has 3 N–H and O–H groups in total. The zero-order valence-electron chi connectivity index (χ0n) is 25.7. The Morgan fingerprint density at radius 2 is 1.32 bits per heavy atom. The van der Waals surface area contributed by atoms with Gasteiger partial charge in [0.2, 0.25) is 0 Å². The number of aliphatic imine (C=N–C) groups is 2. The number of amidine groups is 2. The molecular weight excluding hydrogens is 576 g/mol. The second-order valence-electron chi connectivity index (χ2n) is 12.0. The van der Waals surface area contributed by atoms with Crippen molar-refractivity contribution in [1.82, 2.24) is 5.32 Å². The predicted molar refractivity (Wildman–Crippen MR) is 197 cm³/mol. The van der Waals surface area contributed by atoms with Gasteiger partial charge in [-0.1, -0.05) is 121 Å². The molecule has 2 heterocycles. The van der Waals surface area contributed by atoms with Crippen LogP contribution in [-0.4, -0.2) is 11.7 Å². The fourth-order valence-corrected chi connectivity index (χ4v) is 6.96. The number of hydrogen-bond donors (Lipinski definition) is 2. The second-order valence-corrected chi connectivity index (χ2v) is 12.0. The lowest BCUT2D eigenvalue weighted by Crippen LogP contribution is -2.33. The highest BCUT2D eigenvalue weighted by molar-refractivity contribution is 6.30. The summed E-state index contributed by atoms with van der Waals surface area (Å²) < 4.78 is 5.99. The van der Waals surface area contributed by atoms with Crippen molar-refractivity contribution in [2.75, 3.05) is 5.73 Å². The maximum Gasteiger partial charge on any atom is 0.199 e. The van der Waals surface area contributed by atoms with E-state index in [4.69, 9.17) is 20.1 Å². The third kappa shape index (κ3) is 4.47. The van der Waals surface area contributed by atoms with Gasteiger partial charge in [0.1, 0.15) is 17.6 Å². The van der Waals surface area contributed by atoms with Gasteiger partial charge in [-0.15, -0.1) is 0 Å². The minimum Gasteiger partial charge on any atom is -0.440 e. The van der Waals surface area contributed by atoms with Crippen molar-refractivity contribution in [2.45, 2.75) is 13.1 Å². The fraction of sp³-hybridized carbons (Fsp3) is 0.0476. The second kappa shape index (κ2) is 10.7. The first-order chi connectivity index (χ1) is 23.1. The van der Waals surface area contributed by atoms with Gasteiger partial charge < -0.3 is 15.5 Å². The molecule has 1 aliphatic heterocycles. The van der Waals surface area contributed by atoms with E-state index in [1.54, 1.807) is 0 Å². The molecule has 1 aliphatic rings. The number of anilines is 1. The molecule has 0 saturated carbocycles. The van der Waals surface area contributed by atoms with Crippen LogP contribution in [0.5, 0.6) is 0 Å². The van der Waals surface area contributed by atoms with E-state index in [0.717, 1.165) is 38.6 Å². The Hall–Kier alpha value is -6.20. The van der Waals surface area contributed by atoms with Gasteiger partial charge in [0.25, 0.3) is 0 Å². The first-order valence-corrected chi connectivity index (χ1v) is 15.8. The summed E-state index contributed by atoms with van der Waals surface area (Å²) in [5.74, 6) is 1.71. The number of nitrogens with two attached hydrogens (primary N) is 1. The van der Waals surface area contributed by atoms with Gasteiger partial charge in [-0.2, -0.15) is 0 Å². The van der Waals surface area contributed by atoms with E-state index in [9.17, 15) is 0 Å². The third-order valence-electron chi connectivity index (χ3n) is 9.27. The van der Waals surface area contributed by atoms with Gasteiger partial charge in [0.05, 0.1) is 5.56 Å². The Kier molecular flexibility index (Phi) is 6.18. The summed E-state index contributed by atoms with van der Waals surface area (Å²) >= 11 is 0. The van der Waals surface area contributed by atoms with Crippen molar-refractivity contribution < 1.29 is 4.42 Å². The zero-order chi connectivity index (χ0) is 31.5. The molecule has 0 bridgehead atoms. The van der Waals surface area contributed by atoms with E-state index in [-0.39, 0.29) is 6.17 Å². The summed E-state index contributed by atoms with van der Waals surface area (Å²) in [5.41, 5.74) is 10.9. The standard InChI is InChI=1S/C42H30N4O/c1-2-31(38-35-13-7-8-14-37(35)47-39(38)43)42-45-40(29-17-15-25-9-3-4-11-28(25)23-29)44-41(46-42)30-18-16-27-20-21-33-32-12-6-5-10-26(32)19-22-34(33)36(27)24-30/h2-24,40H,43H2,1H3,(H,44,45,46)/b31-2+. The molecule has 0 saturated heterocycles. The maximum atomic E-state index is 6.52. The lowest BCUT2D eigenvalue weighted by molar-refractivity contribution is 0.636. The average Bonchev–Trinajstić information content (AvgIpc) is 3.46. The maximum absolute atomic E-state index is 6.52. The summed E-state index contributed by atoms with van der Waals surface area (Å²) in [4.78, 5) is 10.4. The Morgan fingerprint density at radius 1 is 0.660 bits per heavy atom. The molecule has 0 amide bonds. The first kappa shape index (κ1) is 27.1. The number of rotatable bonds is 4. The summed E-state index contributed by atoms with van der Waals surface area (Å²) in [7, 11) is 0. The molecule has 0 radical (unpaired) electrons. The van der Waals surface area contributed by atoms with E-state index in [2.05, 4.69) is 115 Å². The number of para-hydroxylation sites is 1. The molecule has 5 heteroatoms. The number of fused-ring (bicyclic) bond motifs is 7. The number of benzene rings is 7. The van der Waals surface area contributed by atoms with E-state index in [1.807, 2.05) is 37.3 Å². The molecule has 0 aliphatic carbocycles. The molecule has 1 atom stereocenters. The summed E-state index contributed by atoms with van der Waals surface area (Å²) in [6.45, 7) is 2.00. The highest BCUT2D eigenvalue weighted by atomic mass is 16.3. The van der Waals surface area contributed by atoms with Gasteiger partial charge in [0.15, 0.2) is 11.7 Å². The average molecular weight is 607 g/mol. The van der Waals surface area contributed by atoms with Crippen molar-refractivity contribution in [3.8, 4) is 0 Å². The lowest BCUT2D eigenvalue weighted by atomic mass is 9.95. The molecule has 0 fully saturated rings. The molecule has 1 aromatic heterocycles. The normalized spacial score (nSPS) is 15.3. The van der Waals surface area contributed by atoms with Crippen LogP contribution in [0.3, 0.4) is 0 Å². The van der Waals surface area contributed by atoms with Gasteiger partial charge in [-0.05, 0) is 73.8 Å². The van der Waals surface area contributed by atoms with Crippen molar-refractivity contribution in [2.24, 2.45) is 9.98 Å².